The maximum atomic E-state index is 13.1. The van der Waals surface area contributed by atoms with Crippen LogP contribution in [0.2, 0.25) is 0 Å². The van der Waals surface area contributed by atoms with Gasteiger partial charge in [0, 0.05) is 18.0 Å². The fourth-order valence-corrected chi connectivity index (χ4v) is 4.28. The Labute approximate surface area is 183 Å². The number of carbonyl (C=O) groups is 1. The molecule has 0 bridgehead atoms. The highest BCUT2D eigenvalue weighted by Gasteiger charge is 2.20. The van der Waals surface area contributed by atoms with Crippen LogP contribution < -0.4 is 4.72 Å². The van der Waals surface area contributed by atoms with Crippen LogP contribution in [0, 0.1) is 17.1 Å². The number of esters is 1. The van der Waals surface area contributed by atoms with Gasteiger partial charge >= 0.3 is 5.97 Å². The van der Waals surface area contributed by atoms with Crippen LogP contribution in [-0.2, 0) is 21.4 Å². The fraction of sp³-hybridized carbons (Fsp3) is 0.0435. The van der Waals surface area contributed by atoms with Gasteiger partial charge in [-0.15, -0.1) is 0 Å². The second-order valence-corrected chi connectivity index (χ2v) is 8.50. The molecule has 0 aliphatic heterocycles. The Kier molecular flexibility index (Phi) is 5.62. The van der Waals surface area contributed by atoms with Gasteiger partial charge in [-0.25, -0.2) is 17.6 Å². The summed E-state index contributed by atoms with van der Waals surface area (Å²) in [4.78, 5) is 12.6. The van der Waals surface area contributed by atoms with E-state index < -0.39 is 21.8 Å². The molecule has 0 spiro atoms. The van der Waals surface area contributed by atoms with Crippen molar-refractivity contribution < 1.29 is 22.3 Å². The van der Waals surface area contributed by atoms with E-state index in [9.17, 15) is 22.9 Å². The van der Waals surface area contributed by atoms with Crippen molar-refractivity contribution in [1.82, 2.24) is 4.40 Å². The Morgan fingerprint density at radius 3 is 2.53 bits per heavy atom. The van der Waals surface area contributed by atoms with E-state index >= 15 is 0 Å². The molecule has 0 atom stereocenters. The van der Waals surface area contributed by atoms with Gasteiger partial charge in [0.15, 0.2) is 0 Å². The molecule has 0 unspecified atom stereocenters. The number of nitrogens with zero attached hydrogens (tertiary/aromatic N) is 2. The molecule has 32 heavy (non-hydrogen) atoms. The van der Waals surface area contributed by atoms with Crippen LogP contribution in [0.25, 0.3) is 5.52 Å². The van der Waals surface area contributed by atoms with Crippen molar-refractivity contribution in [3.05, 3.63) is 102 Å². The number of nitriles is 1. The maximum absolute atomic E-state index is 13.1. The molecule has 7 nitrogen and oxygen atoms in total. The summed E-state index contributed by atoms with van der Waals surface area (Å²) in [6.45, 7) is -0.164. The summed E-state index contributed by atoms with van der Waals surface area (Å²) >= 11 is 0. The number of benzene rings is 2. The van der Waals surface area contributed by atoms with E-state index in [-0.39, 0.29) is 22.8 Å². The summed E-state index contributed by atoms with van der Waals surface area (Å²) in [5.74, 6) is -1.33. The third-order valence-corrected chi connectivity index (χ3v) is 6.13. The molecule has 0 fully saturated rings. The van der Waals surface area contributed by atoms with Gasteiger partial charge in [-0.05, 0) is 48.5 Å². The van der Waals surface area contributed by atoms with Crippen LogP contribution in [0.5, 0.6) is 0 Å². The minimum Gasteiger partial charge on any atom is -0.457 e. The average molecular weight is 449 g/mol. The molecule has 4 rings (SSSR count). The van der Waals surface area contributed by atoms with Crippen molar-refractivity contribution in [2.75, 3.05) is 4.72 Å². The van der Waals surface area contributed by atoms with Crippen molar-refractivity contribution in [3.8, 4) is 6.07 Å². The molecule has 1 N–H and O–H groups in total. The van der Waals surface area contributed by atoms with E-state index in [1.807, 2.05) is 6.07 Å². The predicted molar refractivity (Wildman–Crippen MR) is 115 cm³/mol. The van der Waals surface area contributed by atoms with Gasteiger partial charge in [0.05, 0.1) is 27.2 Å². The van der Waals surface area contributed by atoms with Crippen LogP contribution in [0.3, 0.4) is 0 Å². The first-order valence-corrected chi connectivity index (χ1v) is 10.9. The second kappa shape index (κ2) is 8.53. The van der Waals surface area contributed by atoms with Gasteiger partial charge < -0.3 is 9.14 Å². The van der Waals surface area contributed by atoms with Crippen LogP contribution in [0.1, 0.15) is 21.5 Å². The van der Waals surface area contributed by atoms with Crippen molar-refractivity contribution in [2.24, 2.45) is 0 Å². The van der Waals surface area contributed by atoms with E-state index in [0.717, 1.165) is 24.3 Å². The molecular weight excluding hydrogens is 433 g/mol. The molecule has 4 aromatic rings. The second-order valence-electron chi connectivity index (χ2n) is 6.82. The molecule has 2 heterocycles. The first-order chi connectivity index (χ1) is 15.4. The quantitative estimate of drug-likeness (QED) is 0.447. The number of carbonyl (C=O) groups excluding carboxylic acids is 1. The number of pyridine rings is 1. The van der Waals surface area contributed by atoms with Crippen molar-refractivity contribution in [3.63, 3.8) is 0 Å². The van der Waals surface area contributed by atoms with Gasteiger partial charge in [-0.2, -0.15) is 5.26 Å². The van der Waals surface area contributed by atoms with E-state index in [0.29, 0.717) is 16.6 Å². The topological polar surface area (TPSA) is 101 Å². The van der Waals surface area contributed by atoms with E-state index in [2.05, 4.69) is 10.8 Å². The number of fused-ring (bicyclic) bond motifs is 1. The van der Waals surface area contributed by atoms with Crippen LogP contribution >= 0.6 is 0 Å². The summed E-state index contributed by atoms with van der Waals surface area (Å²) in [6, 6.07) is 17.8. The van der Waals surface area contributed by atoms with E-state index in [1.165, 1.54) is 12.1 Å². The van der Waals surface area contributed by atoms with Gasteiger partial charge in [-0.1, -0.05) is 18.2 Å². The molecule has 0 radical (unpaired) electrons. The molecule has 0 aliphatic carbocycles. The van der Waals surface area contributed by atoms with Crippen LogP contribution in [0.15, 0.2) is 84.0 Å². The molecular formula is C23H16FN3O4S. The van der Waals surface area contributed by atoms with E-state index in [1.54, 1.807) is 41.1 Å². The smallest absolute Gasteiger partial charge is 0.340 e. The lowest BCUT2D eigenvalue weighted by molar-refractivity contribution is 0.0474. The number of anilines is 1. The first kappa shape index (κ1) is 21.1. The number of hydrogen-bond donors (Lipinski definition) is 1. The minimum absolute atomic E-state index is 0.000425. The summed E-state index contributed by atoms with van der Waals surface area (Å²) in [5.41, 5.74) is 1.62. The summed E-state index contributed by atoms with van der Waals surface area (Å²) in [6.07, 6.45) is 3.48. The number of nitrogens with one attached hydrogen (secondary N) is 1. The van der Waals surface area contributed by atoms with Crippen LogP contribution in [-0.4, -0.2) is 18.8 Å². The van der Waals surface area contributed by atoms with Gasteiger partial charge in [0.2, 0.25) is 0 Å². The molecule has 2 aromatic carbocycles. The normalized spacial score (nSPS) is 11.1. The Morgan fingerprint density at radius 2 is 1.78 bits per heavy atom. The summed E-state index contributed by atoms with van der Waals surface area (Å²) < 4.78 is 47.8. The molecule has 0 aliphatic rings. The number of halogens is 1. The monoisotopic (exact) mass is 449 g/mol. The standard InChI is InChI=1S/C23H16FN3O4S/c24-17-8-10-18(11-9-17)32(29,30)26-21-6-2-1-5-19(21)23(28)31-15-16-14-27-12-4-3-7-22(27)20(16)13-25/h1-12,14,26H,15H2. The van der Waals surface area contributed by atoms with Gasteiger partial charge in [-0.3, -0.25) is 4.72 Å². The molecule has 2 aromatic heterocycles. The lowest BCUT2D eigenvalue weighted by Gasteiger charge is -2.12. The number of para-hydroxylation sites is 1. The summed E-state index contributed by atoms with van der Waals surface area (Å²) in [5, 5.41) is 9.48. The highest BCUT2D eigenvalue weighted by Crippen LogP contribution is 2.23. The average Bonchev–Trinajstić information content (AvgIpc) is 3.15. The SMILES string of the molecule is N#Cc1c(COC(=O)c2ccccc2NS(=O)(=O)c2ccc(F)cc2)cn2ccccc12. The Balaban J connectivity index is 1.56. The number of sulfonamides is 1. The Hall–Kier alpha value is -4.16. The molecule has 9 heteroatoms. The van der Waals surface area contributed by atoms with Gasteiger partial charge in [0.1, 0.15) is 18.5 Å². The van der Waals surface area contributed by atoms with Crippen molar-refractivity contribution in [1.29, 1.82) is 5.26 Å². The highest BCUT2D eigenvalue weighted by molar-refractivity contribution is 7.92. The molecule has 0 saturated heterocycles. The number of hydrogen-bond acceptors (Lipinski definition) is 5. The molecule has 160 valence electrons. The third kappa shape index (κ3) is 4.17. The van der Waals surface area contributed by atoms with Crippen LogP contribution in [0.4, 0.5) is 10.1 Å². The predicted octanol–water partition coefficient (Wildman–Crippen LogP) is 4.11. The zero-order valence-electron chi connectivity index (χ0n) is 16.5. The zero-order chi connectivity index (χ0) is 22.7. The zero-order valence-corrected chi connectivity index (χ0v) is 17.3. The molecule has 0 saturated carbocycles. The van der Waals surface area contributed by atoms with Crippen molar-refractivity contribution >= 4 is 27.2 Å². The lowest BCUT2D eigenvalue weighted by atomic mass is 10.2. The Morgan fingerprint density at radius 1 is 1.06 bits per heavy atom. The number of rotatable bonds is 6. The van der Waals surface area contributed by atoms with E-state index in [4.69, 9.17) is 4.74 Å². The highest BCUT2D eigenvalue weighted by atomic mass is 32.2. The third-order valence-electron chi connectivity index (χ3n) is 4.75. The van der Waals surface area contributed by atoms with Gasteiger partial charge in [0.25, 0.3) is 10.0 Å². The fourth-order valence-electron chi connectivity index (χ4n) is 3.20. The first-order valence-electron chi connectivity index (χ1n) is 9.42. The Bertz CT molecular complexity index is 1450. The number of aromatic nitrogens is 1. The minimum atomic E-state index is -4.05. The number of ether oxygens (including phenoxy) is 1. The largest absolute Gasteiger partial charge is 0.457 e. The summed E-state index contributed by atoms with van der Waals surface area (Å²) in [7, 11) is -4.05. The maximum Gasteiger partial charge on any atom is 0.340 e. The molecule has 0 amide bonds. The van der Waals surface area contributed by atoms with Crippen molar-refractivity contribution in [2.45, 2.75) is 11.5 Å². The lowest BCUT2D eigenvalue weighted by Crippen LogP contribution is -2.16.